The third kappa shape index (κ3) is 4.85. The first-order valence-electron chi connectivity index (χ1n) is 6.81. The van der Waals surface area contributed by atoms with Crippen molar-refractivity contribution in [3.63, 3.8) is 0 Å². The van der Waals surface area contributed by atoms with Crippen LogP contribution < -0.4 is 0 Å². The molecular weight excluding hydrogens is 262 g/mol. The number of hydrogen-bond donors (Lipinski definition) is 1. The Bertz CT molecular complexity index is 356. The van der Waals surface area contributed by atoms with Crippen LogP contribution in [0.4, 0.5) is 0 Å². The largest absolute Gasteiger partial charge is 0.389 e. The minimum absolute atomic E-state index is 0.137. The van der Waals surface area contributed by atoms with Crippen molar-refractivity contribution in [1.82, 2.24) is 4.90 Å². The summed E-state index contributed by atoms with van der Waals surface area (Å²) in [5.74, 6) is 0. The molecule has 0 aliphatic carbocycles. The number of β-amino-alcohol motifs (C(OH)–C–C–N with tert-alkyl or cyclic N) is 1. The Morgan fingerprint density at radius 2 is 2.42 bits per heavy atom. The number of hydrogen-bond acceptors (Lipinski definition) is 5. The molecule has 0 amide bonds. The SMILES string of the molecule is CC(C)OCC(O)CN1CCOC(c2ccsc2)C1. The maximum Gasteiger partial charge on any atom is 0.0960 e. The zero-order valence-corrected chi connectivity index (χ0v) is 12.4. The Morgan fingerprint density at radius 1 is 1.58 bits per heavy atom. The van der Waals surface area contributed by atoms with Crippen LogP contribution in [0.15, 0.2) is 16.8 Å². The molecule has 1 aliphatic heterocycles. The van der Waals surface area contributed by atoms with Crippen LogP contribution in [0.3, 0.4) is 0 Å². The normalized spacial score (nSPS) is 22.8. The monoisotopic (exact) mass is 285 g/mol. The van der Waals surface area contributed by atoms with Gasteiger partial charge in [-0.2, -0.15) is 11.3 Å². The molecule has 0 bridgehead atoms. The second kappa shape index (κ2) is 7.36. The molecule has 1 N–H and O–H groups in total. The molecule has 2 rings (SSSR count). The summed E-state index contributed by atoms with van der Waals surface area (Å²) in [5, 5.41) is 14.2. The minimum atomic E-state index is -0.427. The molecule has 0 radical (unpaired) electrons. The summed E-state index contributed by atoms with van der Waals surface area (Å²) in [6.45, 7) is 7.45. The van der Waals surface area contributed by atoms with Gasteiger partial charge in [0.1, 0.15) is 0 Å². The summed E-state index contributed by atoms with van der Waals surface area (Å²) < 4.78 is 11.2. The van der Waals surface area contributed by atoms with E-state index in [-0.39, 0.29) is 12.2 Å². The quantitative estimate of drug-likeness (QED) is 0.867. The van der Waals surface area contributed by atoms with Crippen molar-refractivity contribution in [1.29, 1.82) is 0 Å². The van der Waals surface area contributed by atoms with Gasteiger partial charge in [-0.05, 0) is 36.2 Å². The molecule has 1 aromatic heterocycles. The molecule has 1 fully saturated rings. The third-order valence-corrected chi connectivity index (χ3v) is 3.86. The van der Waals surface area contributed by atoms with Crippen LogP contribution in [0.5, 0.6) is 0 Å². The van der Waals surface area contributed by atoms with E-state index in [9.17, 15) is 5.11 Å². The van der Waals surface area contributed by atoms with Gasteiger partial charge in [-0.15, -0.1) is 0 Å². The Hall–Kier alpha value is -0.460. The summed E-state index contributed by atoms with van der Waals surface area (Å²) >= 11 is 1.69. The Labute approximate surface area is 118 Å². The van der Waals surface area contributed by atoms with Gasteiger partial charge < -0.3 is 14.6 Å². The number of rotatable bonds is 6. The second-order valence-electron chi connectivity index (χ2n) is 5.21. The van der Waals surface area contributed by atoms with Crippen molar-refractivity contribution in [2.24, 2.45) is 0 Å². The maximum atomic E-state index is 9.96. The number of aliphatic hydroxyl groups excluding tert-OH is 1. The molecule has 1 saturated heterocycles. The molecule has 5 heteroatoms. The number of nitrogens with zero attached hydrogens (tertiary/aromatic N) is 1. The van der Waals surface area contributed by atoms with Gasteiger partial charge in [0.15, 0.2) is 0 Å². The molecule has 1 aromatic rings. The van der Waals surface area contributed by atoms with E-state index in [4.69, 9.17) is 9.47 Å². The highest BCUT2D eigenvalue weighted by Gasteiger charge is 2.23. The first kappa shape index (κ1) is 14.9. The molecule has 2 atom stereocenters. The van der Waals surface area contributed by atoms with Crippen LogP contribution >= 0.6 is 11.3 Å². The zero-order valence-electron chi connectivity index (χ0n) is 11.6. The van der Waals surface area contributed by atoms with Crippen LogP contribution in [0.1, 0.15) is 25.5 Å². The summed E-state index contributed by atoms with van der Waals surface area (Å²) in [6, 6.07) is 2.11. The lowest BCUT2D eigenvalue weighted by atomic mass is 10.1. The standard InChI is InChI=1S/C14H23NO3S/c1-11(2)18-9-13(16)7-15-4-5-17-14(8-15)12-3-6-19-10-12/h3,6,10-11,13-14,16H,4-5,7-9H2,1-2H3. The van der Waals surface area contributed by atoms with Crippen LogP contribution in [0.25, 0.3) is 0 Å². The first-order valence-corrected chi connectivity index (χ1v) is 7.75. The lowest BCUT2D eigenvalue weighted by Crippen LogP contribution is -2.43. The highest BCUT2D eigenvalue weighted by molar-refractivity contribution is 7.07. The van der Waals surface area contributed by atoms with Crippen molar-refractivity contribution in [2.75, 3.05) is 32.8 Å². The number of ether oxygens (including phenoxy) is 2. The van der Waals surface area contributed by atoms with E-state index in [1.54, 1.807) is 11.3 Å². The number of aliphatic hydroxyl groups is 1. The van der Waals surface area contributed by atoms with Crippen LogP contribution in [-0.2, 0) is 9.47 Å². The topological polar surface area (TPSA) is 41.9 Å². The smallest absolute Gasteiger partial charge is 0.0960 e. The maximum absolute atomic E-state index is 9.96. The van der Waals surface area contributed by atoms with Crippen molar-refractivity contribution < 1.29 is 14.6 Å². The molecule has 2 heterocycles. The molecule has 0 saturated carbocycles. The van der Waals surface area contributed by atoms with Crippen molar-refractivity contribution in [3.05, 3.63) is 22.4 Å². The lowest BCUT2D eigenvalue weighted by molar-refractivity contribution is -0.0573. The van der Waals surface area contributed by atoms with Gasteiger partial charge in [-0.25, -0.2) is 0 Å². The number of morpholine rings is 1. The molecular formula is C14H23NO3S. The highest BCUT2D eigenvalue weighted by Crippen LogP contribution is 2.24. The predicted molar refractivity (Wildman–Crippen MR) is 76.5 cm³/mol. The van der Waals surface area contributed by atoms with Gasteiger partial charge in [0.2, 0.25) is 0 Å². The molecule has 19 heavy (non-hydrogen) atoms. The van der Waals surface area contributed by atoms with E-state index in [2.05, 4.69) is 21.7 Å². The van der Waals surface area contributed by atoms with Gasteiger partial charge in [0, 0.05) is 19.6 Å². The molecule has 2 unspecified atom stereocenters. The summed E-state index contributed by atoms with van der Waals surface area (Å²) in [5.41, 5.74) is 1.24. The van der Waals surface area contributed by atoms with E-state index in [0.29, 0.717) is 13.2 Å². The Kier molecular flexibility index (Phi) is 5.78. The summed E-state index contributed by atoms with van der Waals surface area (Å²) in [4.78, 5) is 2.25. The molecule has 4 nitrogen and oxygen atoms in total. The second-order valence-corrected chi connectivity index (χ2v) is 5.99. The van der Waals surface area contributed by atoms with E-state index in [1.807, 2.05) is 13.8 Å². The van der Waals surface area contributed by atoms with E-state index in [1.165, 1.54) is 5.56 Å². The Balaban J connectivity index is 1.78. The third-order valence-electron chi connectivity index (χ3n) is 3.16. The van der Waals surface area contributed by atoms with Crippen molar-refractivity contribution in [2.45, 2.75) is 32.2 Å². The summed E-state index contributed by atoms with van der Waals surface area (Å²) in [6.07, 6.45) is -0.125. The van der Waals surface area contributed by atoms with E-state index >= 15 is 0 Å². The first-order chi connectivity index (χ1) is 9.15. The van der Waals surface area contributed by atoms with Gasteiger partial charge in [0.25, 0.3) is 0 Å². The van der Waals surface area contributed by atoms with Gasteiger partial charge >= 0.3 is 0 Å². The molecule has 0 spiro atoms. The Morgan fingerprint density at radius 3 is 3.11 bits per heavy atom. The van der Waals surface area contributed by atoms with E-state index < -0.39 is 6.10 Å². The number of thiophene rings is 1. The lowest BCUT2D eigenvalue weighted by Gasteiger charge is -2.33. The van der Waals surface area contributed by atoms with Gasteiger partial charge in [-0.3, -0.25) is 4.90 Å². The zero-order chi connectivity index (χ0) is 13.7. The highest BCUT2D eigenvalue weighted by atomic mass is 32.1. The van der Waals surface area contributed by atoms with Crippen LogP contribution in [0.2, 0.25) is 0 Å². The average Bonchev–Trinajstić information content (AvgIpc) is 2.90. The minimum Gasteiger partial charge on any atom is -0.389 e. The average molecular weight is 285 g/mol. The van der Waals surface area contributed by atoms with Gasteiger partial charge in [-0.1, -0.05) is 0 Å². The fourth-order valence-corrected chi connectivity index (χ4v) is 2.88. The predicted octanol–water partition coefficient (Wildman–Crippen LogP) is 1.91. The molecule has 1 aliphatic rings. The van der Waals surface area contributed by atoms with E-state index in [0.717, 1.165) is 19.7 Å². The van der Waals surface area contributed by atoms with Crippen LogP contribution in [-0.4, -0.2) is 55.1 Å². The van der Waals surface area contributed by atoms with Crippen molar-refractivity contribution >= 4 is 11.3 Å². The molecule has 0 aromatic carbocycles. The van der Waals surface area contributed by atoms with Gasteiger partial charge in [0.05, 0.1) is 31.5 Å². The summed E-state index contributed by atoms with van der Waals surface area (Å²) in [7, 11) is 0. The fraction of sp³-hybridized carbons (Fsp3) is 0.714. The fourth-order valence-electron chi connectivity index (χ4n) is 2.18. The van der Waals surface area contributed by atoms with Crippen LogP contribution in [0, 0.1) is 0 Å². The molecule has 108 valence electrons. The van der Waals surface area contributed by atoms with Crippen molar-refractivity contribution in [3.8, 4) is 0 Å².